The molecule has 44 heavy (non-hydrogen) atoms. The molecule has 0 bridgehead atoms. The van der Waals surface area contributed by atoms with Crippen LogP contribution in [0.25, 0.3) is 11.1 Å². The Morgan fingerprint density at radius 2 is 1.45 bits per heavy atom. The molecule has 0 saturated carbocycles. The Bertz CT molecular complexity index is 1600. The van der Waals surface area contributed by atoms with Gasteiger partial charge in [0.2, 0.25) is 10.0 Å². The summed E-state index contributed by atoms with van der Waals surface area (Å²) >= 11 is 0. The largest absolute Gasteiger partial charge is 0.392 e. The number of piperidine rings is 1. The van der Waals surface area contributed by atoms with E-state index < -0.39 is 16.3 Å². The van der Waals surface area contributed by atoms with Crippen LogP contribution in [0.3, 0.4) is 0 Å². The van der Waals surface area contributed by atoms with Crippen molar-refractivity contribution in [2.24, 2.45) is 0 Å². The van der Waals surface area contributed by atoms with Gasteiger partial charge in [0.1, 0.15) is 0 Å². The number of nitrogens with zero attached hydrogens (tertiary/aromatic N) is 1. The molecular formula is C36H40N2O5S. The first-order valence-electron chi connectivity index (χ1n) is 15.4. The maximum absolute atomic E-state index is 12.8. The second-order valence-electron chi connectivity index (χ2n) is 11.6. The quantitative estimate of drug-likeness (QED) is 0.217. The van der Waals surface area contributed by atoms with E-state index in [0.29, 0.717) is 0 Å². The Morgan fingerprint density at radius 3 is 2.18 bits per heavy atom. The highest BCUT2D eigenvalue weighted by Crippen LogP contribution is 2.39. The van der Waals surface area contributed by atoms with Crippen molar-refractivity contribution in [2.75, 3.05) is 19.6 Å². The molecule has 0 aromatic heterocycles. The molecule has 0 radical (unpaired) electrons. The molecule has 4 aromatic rings. The minimum Gasteiger partial charge on any atom is -0.392 e. The molecule has 2 fully saturated rings. The number of likely N-dealkylation sites (tertiary alicyclic amines) is 1. The number of aliphatic hydroxyl groups is 1. The number of ether oxygens (including phenoxy) is 2. The average molecular weight is 613 g/mol. The Labute approximate surface area is 260 Å². The van der Waals surface area contributed by atoms with Crippen molar-refractivity contribution < 1.29 is 23.0 Å². The van der Waals surface area contributed by atoms with Crippen molar-refractivity contribution in [3.05, 3.63) is 125 Å². The average Bonchev–Trinajstić information content (AvgIpc) is 3.08. The number of rotatable bonds is 10. The summed E-state index contributed by atoms with van der Waals surface area (Å²) in [6.07, 6.45) is 3.94. The fourth-order valence-corrected chi connectivity index (χ4v) is 7.12. The molecule has 0 aliphatic carbocycles. The maximum atomic E-state index is 12.8. The van der Waals surface area contributed by atoms with E-state index in [2.05, 4.69) is 9.62 Å². The fraction of sp³-hybridized carbons (Fsp3) is 0.333. The monoisotopic (exact) mass is 612 g/mol. The minimum atomic E-state index is -3.63. The third kappa shape index (κ3) is 7.46. The summed E-state index contributed by atoms with van der Waals surface area (Å²) in [6.45, 7) is 3.30. The SMILES string of the molecule is O=S(=O)(NCc1ccccc1-c1ccc(C2OC(CN3CCCCC3)CC(c3ccc(CO)cc3)O2)cc1)c1ccccc1. The van der Waals surface area contributed by atoms with E-state index in [-0.39, 0.29) is 30.3 Å². The first-order chi connectivity index (χ1) is 21.5. The third-order valence-corrected chi connectivity index (χ3v) is 9.96. The number of benzene rings is 4. The van der Waals surface area contributed by atoms with Crippen LogP contribution in [0.2, 0.25) is 0 Å². The Hall–Kier alpha value is -3.37. The van der Waals surface area contributed by atoms with Gasteiger partial charge in [-0.25, -0.2) is 13.1 Å². The van der Waals surface area contributed by atoms with Gasteiger partial charge in [0.05, 0.1) is 23.7 Å². The highest BCUT2D eigenvalue weighted by molar-refractivity contribution is 7.89. The molecular weight excluding hydrogens is 572 g/mol. The lowest BCUT2D eigenvalue weighted by atomic mass is 9.97. The van der Waals surface area contributed by atoms with Gasteiger partial charge in [0, 0.05) is 25.1 Å². The molecule has 2 aliphatic heterocycles. The Kier molecular flexibility index (Phi) is 9.86. The lowest BCUT2D eigenvalue weighted by molar-refractivity contribution is -0.253. The van der Waals surface area contributed by atoms with E-state index in [9.17, 15) is 13.5 Å². The maximum Gasteiger partial charge on any atom is 0.240 e. The number of hydrogen-bond donors (Lipinski definition) is 2. The van der Waals surface area contributed by atoms with Gasteiger partial charge in [-0.3, -0.25) is 0 Å². The molecule has 4 aromatic carbocycles. The lowest BCUT2D eigenvalue weighted by Crippen LogP contribution is -2.41. The van der Waals surface area contributed by atoms with Gasteiger partial charge < -0.3 is 19.5 Å². The van der Waals surface area contributed by atoms with E-state index in [1.165, 1.54) is 19.3 Å². The van der Waals surface area contributed by atoms with Crippen molar-refractivity contribution >= 4 is 10.0 Å². The smallest absolute Gasteiger partial charge is 0.240 e. The second kappa shape index (κ2) is 14.2. The van der Waals surface area contributed by atoms with Gasteiger partial charge in [-0.2, -0.15) is 0 Å². The van der Waals surface area contributed by atoms with Crippen molar-refractivity contribution in [3.8, 4) is 11.1 Å². The van der Waals surface area contributed by atoms with Gasteiger partial charge in [-0.05, 0) is 65.9 Å². The number of hydrogen-bond acceptors (Lipinski definition) is 6. The molecule has 3 unspecified atom stereocenters. The molecule has 7 nitrogen and oxygen atoms in total. The van der Waals surface area contributed by atoms with Gasteiger partial charge in [0.25, 0.3) is 0 Å². The fourth-order valence-electron chi connectivity index (χ4n) is 6.09. The van der Waals surface area contributed by atoms with Gasteiger partial charge in [-0.1, -0.05) is 97.4 Å². The van der Waals surface area contributed by atoms with Gasteiger partial charge in [-0.15, -0.1) is 0 Å². The standard InChI is InChI=1S/C36H40N2O5S/c39-26-27-13-15-29(16-14-27)35-23-32(25-38-21-7-2-8-22-38)42-36(43-35)30-19-17-28(18-20-30)34-12-6-5-9-31(34)24-37-44(40,41)33-10-3-1-4-11-33/h1,3-6,9-20,32,35-37,39H,2,7-8,21-26H2. The predicted molar refractivity (Wildman–Crippen MR) is 171 cm³/mol. The van der Waals surface area contributed by atoms with Crippen LogP contribution in [0.4, 0.5) is 0 Å². The summed E-state index contributed by atoms with van der Waals surface area (Å²) in [7, 11) is -3.63. The topological polar surface area (TPSA) is 88.1 Å². The second-order valence-corrected chi connectivity index (χ2v) is 13.4. The summed E-state index contributed by atoms with van der Waals surface area (Å²) in [5.41, 5.74) is 5.74. The van der Waals surface area contributed by atoms with E-state index in [4.69, 9.17) is 9.47 Å². The van der Waals surface area contributed by atoms with E-state index in [0.717, 1.165) is 59.4 Å². The summed E-state index contributed by atoms with van der Waals surface area (Å²) in [5.74, 6) is 0. The minimum absolute atomic E-state index is 0.0174. The summed E-state index contributed by atoms with van der Waals surface area (Å²) in [5, 5.41) is 9.50. The van der Waals surface area contributed by atoms with Crippen LogP contribution in [0, 0.1) is 0 Å². The molecule has 2 N–H and O–H groups in total. The van der Waals surface area contributed by atoms with Crippen LogP contribution in [0.1, 0.15) is 60.3 Å². The molecule has 0 spiro atoms. The van der Waals surface area contributed by atoms with Crippen LogP contribution in [-0.2, 0) is 32.6 Å². The normalized spacial score (nSPS) is 21.2. The van der Waals surface area contributed by atoms with Crippen molar-refractivity contribution in [1.82, 2.24) is 9.62 Å². The number of nitrogens with one attached hydrogen (secondary N) is 1. The molecule has 2 heterocycles. The highest BCUT2D eigenvalue weighted by atomic mass is 32.2. The predicted octanol–water partition coefficient (Wildman–Crippen LogP) is 6.36. The molecule has 0 amide bonds. The first kappa shape index (κ1) is 30.6. The first-order valence-corrected chi connectivity index (χ1v) is 16.9. The molecule has 3 atom stereocenters. The molecule has 2 aliphatic rings. The lowest BCUT2D eigenvalue weighted by Gasteiger charge is -2.39. The van der Waals surface area contributed by atoms with E-state index >= 15 is 0 Å². The number of sulfonamides is 1. The zero-order valence-corrected chi connectivity index (χ0v) is 25.7. The highest BCUT2D eigenvalue weighted by Gasteiger charge is 2.33. The zero-order valence-electron chi connectivity index (χ0n) is 24.8. The van der Waals surface area contributed by atoms with Crippen molar-refractivity contribution in [2.45, 2.75) is 62.2 Å². The van der Waals surface area contributed by atoms with E-state index in [1.54, 1.807) is 30.3 Å². The Morgan fingerprint density at radius 1 is 0.773 bits per heavy atom. The van der Waals surface area contributed by atoms with Crippen molar-refractivity contribution in [1.29, 1.82) is 0 Å². The summed E-state index contributed by atoms with van der Waals surface area (Å²) < 4.78 is 41.5. The summed E-state index contributed by atoms with van der Waals surface area (Å²) in [6, 6.07) is 32.4. The van der Waals surface area contributed by atoms with Crippen LogP contribution in [0.15, 0.2) is 108 Å². The molecule has 8 heteroatoms. The summed E-state index contributed by atoms with van der Waals surface area (Å²) in [4.78, 5) is 2.75. The van der Waals surface area contributed by atoms with Crippen LogP contribution >= 0.6 is 0 Å². The van der Waals surface area contributed by atoms with Crippen LogP contribution in [-0.4, -0.2) is 44.2 Å². The van der Waals surface area contributed by atoms with Gasteiger partial charge >= 0.3 is 0 Å². The van der Waals surface area contributed by atoms with Crippen molar-refractivity contribution in [3.63, 3.8) is 0 Å². The van der Waals surface area contributed by atoms with E-state index in [1.807, 2.05) is 72.8 Å². The zero-order chi connectivity index (χ0) is 30.4. The molecule has 2 saturated heterocycles. The van der Waals surface area contributed by atoms with Crippen LogP contribution < -0.4 is 4.72 Å². The molecule has 230 valence electrons. The van der Waals surface area contributed by atoms with Crippen LogP contribution in [0.5, 0.6) is 0 Å². The van der Waals surface area contributed by atoms with Gasteiger partial charge in [0.15, 0.2) is 6.29 Å². The third-order valence-electron chi connectivity index (χ3n) is 8.54. The Balaban J connectivity index is 1.20. The number of aliphatic hydroxyl groups excluding tert-OH is 1. The molecule has 6 rings (SSSR count).